The number of carbonyl (C=O) groups excluding carboxylic acids is 1. The van der Waals surface area contributed by atoms with Gasteiger partial charge in [0.2, 0.25) is 5.91 Å². The summed E-state index contributed by atoms with van der Waals surface area (Å²) >= 11 is 0. The number of hydrogen-bond donors (Lipinski definition) is 2. The normalized spacial score (nSPS) is 21.0. The molecule has 0 radical (unpaired) electrons. The van der Waals surface area contributed by atoms with E-state index in [1.54, 1.807) is 6.92 Å². The lowest BCUT2D eigenvalue weighted by molar-refractivity contribution is -0.113. The minimum atomic E-state index is -1.34. The van der Waals surface area contributed by atoms with Crippen LogP contribution in [0, 0.1) is 28.6 Å². The average molecular weight is 218 g/mol. The molecule has 1 rings (SSSR count). The van der Waals surface area contributed by atoms with Crippen molar-refractivity contribution >= 4 is 5.91 Å². The maximum absolute atomic E-state index is 10.6. The van der Waals surface area contributed by atoms with Gasteiger partial charge in [0.25, 0.3) is 0 Å². The van der Waals surface area contributed by atoms with Crippen molar-refractivity contribution in [2.24, 2.45) is 11.1 Å². The maximum atomic E-state index is 10.6. The second-order valence-electron chi connectivity index (χ2n) is 4.25. The van der Waals surface area contributed by atoms with Gasteiger partial charge in [-0.05, 0) is 26.7 Å². The predicted molar refractivity (Wildman–Crippen MR) is 58.6 cm³/mol. The van der Waals surface area contributed by atoms with Gasteiger partial charge < -0.3 is 10.8 Å². The molecule has 0 heterocycles. The number of nitrogens with two attached hydrogens (primary N) is 1. The molecule has 16 heavy (non-hydrogen) atoms. The first-order valence-corrected chi connectivity index (χ1v) is 4.97. The summed E-state index contributed by atoms with van der Waals surface area (Å²) in [7, 11) is 0. The molecule has 1 aliphatic carbocycles. The van der Waals surface area contributed by atoms with E-state index < -0.39 is 16.9 Å². The summed E-state index contributed by atoms with van der Waals surface area (Å²) in [6, 6.07) is 2.09. The summed E-state index contributed by atoms with van der Waals surface area (Å²) in [6.07, 6.45) is 2.50. The Bertz CT molecular complexity index is 440. The Morgan fingerprint density at radius 3 is 2.56 bits per heavy atom. The van der Waals surface area contributed by atoms with Crippen molar-refractivity contribution in [3.8, 4) is 17.9 Å². The highest BCUT2D eigenvalue weighted by Crippen LogP contribution is 2.53. The molecule has 3 N–H and O–H groups in total. The summed E-state index contributed by atoms with van der Waals surface area (Å²) in [5.74, 6) is 4.69. The average Bonchev–Trinajstić information content (AvgIpc) is 2.94. The molecule has 1 atom stereocenters. The maximum Gasteiger partial charge on any atom is 0.242 e. The lowest BCUT2D eigenvalue weighted by Gasteiger charge is -2.21. The quantitative estimate of drug-likeness (QED) is 0.522. The van der Waals surface area contributed by atoms with E-state index in [0.717, 1.165) is 0 Å². The Kier molecular flexibility index (Phi) is 3.07. The van der Waals surface area contributed by atoms with Crippen molar-refractivity contribution in [1.82, 2.24) is 0 Å². The lowest BCUT2D eigenvalue weighted by atomic mass is 9.87. The van der Waals surface area contributed by atoms with Crippen LogP contribution in [0.2, 0.25) is 0 Å². The van der Waals surface area contributed by atoms with Crippen molar-refractivity contribution in [3.05, 3.63) is 11.6 Å². The van der Waals surface area contributed by atoms with Gasteiger partial charge >= 0.3 is 0 Å². The SMILES string of the molecule is C/C(C#C[C@](C)(O)C1(C#N)CC1)=C/C(N)=O. The van der Waals surface area contributed by atoms with E-state index in [9.17, 15) is 9.90 Å². The third kappa shape index (κ3) is 2.42. The highest BCUT2D eigenvalue weighted by atomic mass is 16.3. The number of aliphatic hydroxyl groups is 1. The second-order valence-corrected chi connectivity index (χ2v) is 4.25. The number of hydrogen-bond acceptors (Lipinski definition) is 3. The number of rotatable bonds is 2. The van der Waals surface area contributed by atoms with Gasteiger partial charge in [-0.1, -0.05) is 11.8 Å². The molecule has 4 heteroatoms. The van der Waals surface area contributed by atoms with E-state index >= 15 is 0 Å². The van der Waals surface area contributed by atoms with Crippen molar-refractivity contribution in [2.75, 3.05) is 0 Å². The molecule has 4 nitrogen and oxygen atoms in total. The predicted octanol–water partition coefficient (Wildman–Crippen LogP) is 0.476. The van der Waals surface area contributed by atoms with Gasteiger partial charge in [0, 0.05) is 11.6 Å². The standard InChI is InChI=1S/C12H14N2O2/c1-9(7-10(14)15)3-4-11(2,16)12(8-13)5-6-12/h7,16H,5-6H2,1-2H3,(H2,14,15)/b9-7-/t11-/m0/s1. The molecule has 0 unspecified atom stereocenters. The number of amides is 1. The van der Waals surface area contributed by atoms with Crippen LogP contribution < -0.4 is 5.73 Å². The minimum absolute atomic E-state index is 0.474. The molecule has 0 bridgehead atoms. The van der Waals surface area contributed by atoms with E-state index in [1.807, 2.05) is 0 Å². The first kappa shape index (κ1) is 12.3. The molecule has 1 saturated carbocycles. The summed E-state index contributed by atoms with van der Waals surface area (Å²) < 4.78 is 0. The molecular weight excluding hydrogens is 204 g/mol. The Labute approximate surface area is 94.7 Å². The fourth-order valence-electron chi connectivity index (χ4n) is 1.42. The van der Waals surface area contributed by atoms with Crippen LogP contribution >= 0.6 is 0 Å². The van der Waals surface area contributed by atoms with Crippen molar-refractivity contribution in [1.29, 1.82) is 5.26 Å². The van der Waals surface area contributed by atoms with Gasteiger partial charge in [-0.2, -0.15) is 5.26 Å². The van der Waals surface area contributed by atoms with Crippen molar-refractivity contribution < 1.29 is 9.90 Å². The number of primary amides is 1. The Morgan fingerprint density at radius 1 is 1.62 bits per heavy atom. The summed E-state index contributed by atoms with van der Waals surface area (Å²) in [5, 5.41) is 19.0. The molecular formula is C12H14N2O2. The van der Waals surface area contributed by atoms with Gasteiger partial charge in [-0.3, -0.25) is 4.79 Å². The van der Waals surface area contributed by atoms with E-state index in [1.165, 1.54) is 13.0 Å². The van der Waals surface area contributed by atoms with E-state index in [0.29, 0.717) is 18.4 Å². The van der Waals surface area contributed by atoms with Gasteiger partial charge in [-0.15, -0.1) is 0 Å². The van der Waals surface area contributed by atoms with Crippen molar-refractivity contribution in [2.45, 2.75) is 32.3 Å². The number of carbonyl (C=O) groups is 1. The van der Waals surface area contributed by atoms with E-state index in [2.05, 4.69) is 17.9 Å². The van der Waals surface area contributed by atoms with E-state index in [4.69, 9.17) is 11.0 Å². The highest BCUT2D eigenvalue weighted by Gasteiger charge is 2.56. The smallest absolute Gasteiger partial charge is 0.242 e. The van der Waals surface area contributed by atoms with Crippen molar-refractivity contribution in [3.63, 3.8) is 0 Å². The highest BCUT2D eigenvalue weighted by molar-refractivity contribution is 5.87. The molecule has 1 amide bonds. The minimum Gasteiger partial charge on any atom is -0.376 e. The topological polar surface area (TPSA) is 87.1 Å². The van der Waals surface area contributed by atoms with Crippen LogP contribution in [-0.2, 0) is 4.79 Å². The third-order valence-electron chi connectivity index (χ3n) is 2.76. The fraction of sp³-hybridized carbons (Fsp3) is 0.500. The number of nitriles is 1. The van der Waals surface area contributed by atoms with Gasteiger partial charge in [-0.25, -0.2) is 0 Å². The van der Waals surface area contributed by atoms with Gasteiger partial charge in [0.1, 0.15) is 5.60 Å². The van der Waals surface area contributed by atoms with Crippen LogP contribution in [0.15, 0.2) is 11.6 Å². The third-order valence-corrected chi connectivity index (χ3v) is 2.76. The molecule has 0 spiro atoms. The Morgan fingerprint density at radius 2 is 2.19 bits per heavy atom. The van der Waals surface area contributed by atoms with Crippen LogP contribution in [0.3, 0.4) is 0 Å². The first-order valence-electron chi connectivity index (χ1n) is 4.97. The monoisotopic (exact) mass is 218 g/mol. The van der Waals surface area contributed by atoms with Crippen LogP contribution in [0.25, 0.3) is 0 Å². The molecule has 0 aromatic heterocycles. The Balaban J connectivity index is 2.86. The summed E-state index contributed by atoms with van der Waals surface area (Å²) in [4.78, 5) is 10.6. The second kappa shape index (κ2) is 4.00. The molecule has 0 aliphatic heterocycles. The summed E-state index contributed by atoms with van der Waals surface area (Å²) in [5.41, 5.74) is 3.35. The molecule has 1 fully saturated rings. The van der Waals surface area contributed by atoms with Crippen LogP contribution in [0.4, 0.5) is 0 Å². The number of allylic oxidation sites excluding steroid dienone is 1. The molecule has 0 aromatic carbocycles. The Hall–Kier alpha value is -1.78. The zero-order valence-electron chi connectivity index (χ0n) is 9.37. The van der Waals surface area contributed by atoms with Crippen LogP contribution in [0.5, 0.6) is 0 Å². The number of nitrogens with zero attached hydrogens (tertiary/aromatic N) is 1. The molecule has 0 aromatic rings. The molecule has 1 aliphatic rings. The molecule has 84 valence electrons. The summed E-state index contributed by atoms with van der Waals surface area (Å²) in [6.45, 7) is 3.15. The zero-order valence-corrected chi connectivity index (χ0v) is 9.37. The zero-order chi connectivity index (χ0) is 12.4. The van der Waals surface area contributed by atoms with Crippen LogP contribution in [0.1, 0.15) is 26.7 Å². The fourth-order valence-corrected chi connectivity index (χ4v) is 1.42. The lowest BCUT2D eigenvalue weighted by Crippen LogP contribution is -2.33. The first-order chi connectivity index (χ1) is 7.33. The van der Waals surface area contributed by atoms with Gasteiger partial charge in [0.15, 0.2) is 0 Å². The van der Waals surface area contributed by atoms with E-state index in [-0.39, 0.29) is 0 Å². The molecule has 0 saturated heterocycles. The largest absolute Gasteiger partial charge is 0.376 e. The van der Waals surface area contributed by atoms with Crippen LogP contribution in [-0.4, -0.2) is 16.6 Å². The van der Waals surface area contributed by atoms with Gasteiger partial charge in [0.05, 0.1) is 11.5 Å².